The van der Waals surface area contributed by atoms with Gasteiger partial charge in [-0.05, 0) is 83.9 Å². The fourth-order valence-corrected chi connectivity index (χ4v) is 4.59. The predicted molar refractivity (Wildman–Crippen MR) is 130 cm³/mol. The Labute approximate surface area is 207 Å². The molecule has 0 spiro atoms. The van der Waals surface area contributed by atoms with Crippen LogP contribution in [0.2, 0.25) is 0 Å². The number of rotatable bonds is 13. The molecule has 0 atom stereocenters. The Hall–Kier alpha value is -2.67. The molecular weight excluding hydrogens is 502 g/mol. The molecule has 0 saturated carbocycles. The molecule has 3 aromatic carbocycles. The van der Waals surface area contributed by atoms with Gasteiger partial charge in [0.05, 0.1) is 18.5 Å². The van der Waals surface area contributed by atoms with Crippen molar-refractivity contribution in [1.29, 1.82) is 0 Å². The van der Waals surface area contributed by atoms with E-state index in [2.05, 4.69) is 0 Å². The molecule has 0 bridgehead atoms. The van der Waals surface area contributed by atoms with Gasteiger partial charge in [0.15, 0.2) is 0 Å². The van der Waals surface area contributed by atoms with Crippen LogP contribution in [0.25, 0.3) is 0 Å². The molecule has 34 heavy (non-hydrogen) atoms. The molecular formula is C24H21Cl2O7P. The van der Waals surface area contributed by atoms with Crippen molar-refractivity contribution in [3.8, 4) is 11.5 Å². The van der Waals surface area contributed by atoms with Crippen LogP contribution in [0.5, 0.6) is 11.5 Å². The predicted octanol–water partition coefficient (Wildman–Crippen LogP) is 5.45. The van der Waals surface area contributed by atoms with E-state index in [0.29, 0.717) is 27.9 Å². The van der Waals surface area contributed by atoms with Gasteiger partial charge in [-0.15, -0.1) is 0 Å². The molecule has 7 nitrogen and oxygen atoms in total. The SMILES string of the molecule is O=C(Cl)c1ccc(OCCOP(=O)(OCCOc2ccc(C(=O)Cl)cc2)c2ccccc2)cc1. The highest BCUT2D eigenvalue weighted by Crippen LogP contribution is 2.46. The highest BCUT2D eigenvalue weighted by atomic mass is 35.5. The zero-order chi connectivity index (χ0) is 24.4. The molecule has 0 aliphatic rings. The van der Waals surface area contributed by atoms with Crippen molar-refractivity contribution in [3.63, 3.8) is 0 Å². The van der Waals surface area contributed by atoms with E-state index in [1.165, 1.54) is 0 Å². The summed E-state index contributed by atoms with van der Waals surface area (Å²) in [5, 5.41) is -0.700. The van der Waals surface area contributed by atoms with Gasteiger partial charge in [-0.25, -0.2) is 0 Å². The number of halogens is 2. The minimum absolute atomic E-state index is 0.00284. The summed E-state index contributed by atoms with van der Waals surface area (Å²) in [6.07, 6.45) is 0. The summed E-state index contributed by atoms with van der Waals surface area (Å²) in [6.45, 7) is 0.210. The standard InChI is InChI=1S/C24H21Cl2O7P/c25-23(27)18-6-10-20(11-7-18)30-14-16-32-34(29,22-4-2-1-3-5-22)33-17-15-31-21-12-8-19(9-13-21)24(26)28/h1-13H,14-17H2. The van der Waals surface area contributed by atoms with Gasteiger partial charge in [0.25, 0.3) is 10.5 Å². The summed E-state index contributed by atoms with van der Waals surface area (Å²) in [7, 11) is -3.64. The Morgan fingerprint density at radius 3 is 1.41 bits per heavy atom. The second kappa shape index (κ2) is 12.7. The molecule has 0 unspecified atom stereocenters. The molecule has 0 N–H and O–H groups in total. The molecule has 0 saturated heterocycles. The van der Waals surface area contributed by atoms with Crippen LogP contribution in [0.15, 0.2) is 78.9 Å². The molecule has 0 amide bonds. The zero-order valence-electron chi connectivity index (χ0n) is 17.9. The quantitative estimate of drug-likeness (QED) is 0.167. The number of carbonyl (C=O) groups is 2. The van der Waals surface area contributed by atoms with Crippen molar-refractivity contribution in [1.82, 2.24) is 0 Å². The molecule has 178 valence electrons. The Morgan fingerprint density at radius 2 is 1.03 bits per heavy atom. The molecule has 0 aliphatic carbocycles. The number of benzene rings is 3. The van der Waals surface area contributed by atoms with E-state index < -0.39 is 18.1 Å². The van der Waals surface area contributed by atoms with Gasteiger partial charge in [-0.3, -0.25) is 14.2 Å². The van der Waals surface area contributed by atoms with Gasteiger partial charge >= 0.3 is 7.60 Å². The van der Waals surface area contributed by atoms with Crippen LogP contribution < -0.4 is 14.8 Å². The number of hydrogen-bond donors (Lipinski definition) is 0. The van der Waals surface area contributed by atoms with Gasteiger partial charge in [-0.2, -0.15) is 0 Å². The topological polar surface area (TPSA) is 88.1 Å². The van der Waals surface area contributed by atoms with E-state index in [9.17, 15) is 14.2 Å². The van der Waals surface area contributed by atoms with Crippen LogP contribution in [0.4, 0.5) is 0 Å². The lowest BCUT2D eigenvalue weighted by Gasteiger charge is -2.19. The van der Waals surface area contributed by atoms with Gasteiger partial charge in [0.2, 0.25) is 0 Å². The fraction of sp³-hybridized carbons (Fsp3) is 0.167. The maximum absolute atomic E-state index is 13.4. The molecule has 3 aromatic rings. The lowest BCUT2D eigenvalue weighted by Crippen LogP contribution is -2.16. The normalized spacial score (nSPS) is 11.1. The minimum Gasteiger partial charge on any atom is -0.491 e. The summed E-state index contributed by atoms with van der Waals surface area (Å²) < 4.78 is 35.8. The Morgan fingerprint density at radius 1 is 0.618 bits per heavy atom. The van der Waals surface area contributed by atoms with E-state index in [-0.39, 0.29) is 26.4 Å². The highest BCUT2D eigenvalue weighted by Gasteiger charge is 2.27. The van der Waals surface area contributed by atoms with E-state index in [4.69, 9.17) is 41.7 Å². The van der Waals surface area contributed by atoms with E-state index >= 15 is 0 Å². The molecule has 3 rings (SSSR count). The van der Waals surface area contributed by atoms with Crippen molar-refractivity contribution in [2.45, 2.75) is 0 Å². The van der Waals surface area contributed by atoms with E-state index in [1.54, 1.807) is 78.9 Å². The Bertz CT molecular complexity index is 1070. The summed E-state index contributed by atoms with van der Waals surface area (Å²) in [6, 6.07) is 21.2. The number of ether oxygens (including phenoxy) is 2. The highest BCUT2D eigenvalue weighted by molar-refractivity contribution is 7.62. The van der Waals surface area contributed by atoms with Gasteiger partial charge in [0, 0.05) is 11.1 Å². The largest absolute Gasteiger partial charge is 0.491 e. The molecule has 0 aromatic heterocycles. The monoisotopic (exact) mass is 522 g/mol. The van der Waals surface area contributed by atoms with Gasteiger partial charge in [-0.1, -0.05) is 18.2 Å². The maximum Gasteiger partial charge on any atom is 0.361 e. The van der Waals surface area contributed by atoms with Gasteiger partial charge < -0.3 is 18.5 Å². The second-order valence-corrected chi connectivity index (χ2v) is 9.51. The average Bonchev–Trinajstić information content (AvgIpc) is 2.85. The first-order valence-corrected chi connectivity index (χ1v) is 12.5. The summed E-state index contributed by atoms with van der Waals surface area (Å²) in [5.41, 5.74) is 0.718. The smallest absolute Gasteiger partial charge is 0.361 e. The van der Waals surface area contributed by atoms with Crippen LogP contribution >= 0.6 is 30.8 Å². The zero-order valence-corrected chi connectivity index (χ0v) is 20.3. The minimum atomic E-state index is -3.64. The summed E-state index contributed by atoms with van der Waals surface area (Å²) >= 11 is 10.8. The van der Waals surface area contributed by atoms with Crippen molar-refractivity contribution in [2.75, 3.05) is 26.4 Å². The molecule has 10 heteroatoms. The lowest BCUT2D eigenvalue weighted by molar-refractivity contribution is 0.107. The first kappa shape index (κ1) is 25.9. The third-order valence-electron chi connectivity index (χ3n) is 4.46. The molecule has 0 heterocycles. The third-order valence-corrected chi connectivity index (χ3v) is 6.87. The van der Waals surface area contributed by atoms with Crippen molar-refractivity contribution < 1.29 is 32.7 Å². The van der Waals surface area contributed by atoms with Crippen LogP contribution in [-0.2, 0) is 13.6 Å². The number of carbonyl (C=O) groups excluding carboxylic acids is 2. The Balaban J connectivity index is 1.52. The first-order valence-electron chi connectivity index (χ1n) is 10.2. The van der Waals surface area contributed by atoms with Crippen LogP contribution in [0.1, 0.15) is 20.7 Å². The van der Waals surface area contributed by atoms with Gasteiger partial charge in [0.1, 0.15) is 24.7 Å². The van der Waals surface area contributed by atoms with Crippen molar-refractivity contribution in [3.05, 3.63) is 90.0 Å². The third kappa shape index (κ3) is 7.69. The number of hydrogen-bond acceptors (Lipinski definition) is 7. The average molecular weight is 523 g/mol. The maximum atomic E-state index is 13.4. The van der Waals surface area contributed by atoms with E-state index in [1.807, 2.05) is 0 Å². The molecule has 0 fully saturated rings. The Kier molecular flexibility index (Phi) is 9.69. The summed E-state index contributed by atoms with van der Waals surface area (Å²) in [5.74, 6) is 1.02. The van der Waals surface area contributed by atoms with Crippen LogP contribution in [0.3, 0.4) is 0 Å². The summed E-state index contributed by atoms with van der Waals surface area (Å²) in [4.78, 5) is 22.2. The molecule has 0 aliphatic heterocycles. The van der Waals surface area contributed by atoms with Crippen LogP contribution in [-0.4, -0.2) is 36.9 Å². The first-order chi connectivity index (χ1) is 16.4. The fourth-order valence-electron chi connectivity index (χ4n) is 2.80. The van der Waals surface area contributed by atoms with Crippen molar-refractivity contribution in [2.24, 2.45) is 0 Å². The van der Waals surface area contributed by atoms with Crippen molar-refractivity contribution >= 4 is 46.6 Å². The second-order valence-electron chi connectivity index (χ2n) is 6.79. The lowest BCUT2D eigenvalue weighted by atomic mass is 10.2. The van der Waals surface area contributed by atoms with Crippen LogP contribution in [0, 0.1) is 0 Å². The molecule has 0 radical (unpaired) electrons. The van der Waals surface area contributed by atoms with E-state index in [0.717, 1.165) is 0 Å².